The largest absolute Gasteiger partial charge is 0.383 e. The number of hydrogen-bond donors (Lipinski definition) is 2. The molecule has 0 aliphatic carbocycles. The number of nitrogens with zero attached hydrogens (tertiary/aromatic N) is 5. The van der Waals surface area contributed by atoms with Gasteiger partial charge < -0.3 is 15.5 Å². The summed E-state index contributed by atoms with van der Waals surface area (Å²) in [7, 11) is 0. The van der Waals surface area contributed by atoms with Gasteiger partial charge in [-0.25, -0.2) is 9.97 Å². The van der Waals surface area contributed by atoms with Crippen LogP contribution in [-0.4, -0.2) is 57.8 Å². The van der Waals surface area contributed by atoms with E-state index >= 15 is 0 Å². The van der Waals surface area contributed by atoms with Crippen molar-refractivity contribution in [3.05, 3.63) is 6.33 Å². The standard InChI is InChI=1S/C11H17N7/c1-2-17-3-5-18(6-4-17)11-8-9(12)15-16-10(8)13-7-14-11/h7H,2-6H2,1H3,(H3,12,13,14,15,16). The molecule has 3 heterocycles. The summed E-state index contributed by atoms with van der Waals surface area (Å²) >= 11 is 0. The average molecular weight is 247 g/mol. The topological polar surface area (TPSA) is 87.0 Å². The monoisotopic (exact) mass is 247 g/mol. The fraction of sp³-hybridized carbons (Fsp3) is 0.545. The number of nitrogen functional groups attached to an aromatic ring is 1. The number of H-pyrrole nitrogens is 1. The van der Waals surface area contributed by atoms with Gasteiger partial charge in [-0.15, -0.1) is 0 Å². The summed E-state index contributed by atoms with van der Waals surface area (Å²) in [5.74, 6) is 1.43. The van der Waals surface area contributed by atoms with Gasteiger partial charge in [0.25, 0.3) is 0 Å². The Morgan fingerprint density at radius 3 is 2.78 bits per heavy atom. The molecule has 0 unspecified atom stereocenters. The Kier molecular flexibility index (Phi) is 2.75. The molecule has 2 aromatic heterocycles. The zero-order valence-electron chi connectivity index (χ0n) is 10.4. The number of nitrogens with one attached hydrogen (secondary N) is 1. The van der Waals surface area contributed by atoms with Crippen molar-refractivity contribution in [2.45, 2.75) is 6.92 Å². The molecule has 96 valence electrons. The molecule has 1 aliphatic heterocycles. The van der Waals surface area contributed by atoms with Crippen LogP contribution in [0.2, 0.25) is 0 Å². The molecule has 0 bridgehead atoms. The summed E-state index contributed by atoms with van der Waals surface area (Å²) in [5, 5.41) is 7.67. The summed E-state index contributed by atoms with van der Waals surface area (Å²) in [6.07, 6.45) is 1.55. The SMILES string of the molecule is CCN1CCN(c2ncnc3n[nH]c(N)c23)CC1. The van der Waals surface area contributed by atoms with Crippen LogP contribution in [0.4, 0.5) is 11.6 Å². The van der Waals surface area contributed by atoms with E-state index in [0.717, 1.165) is 43.9 Å². The average Bonchev–Trinajstić information content (AvgIpc) is 2.81. The summed E-state index contributed by atoms with van der Waals surface area (Å²) in [6.45, 7) is 7.32. The van der Waals surface area contributed by atoms with Crippen LogP contribution in [0.3, 0.4) is 0 Å². The quantitative estimate of drug-likeness (QED) is 0.781. The molecule has 2 aromatic rings. The van der Waals surface area contributed by atoms with Crippen molar-refractivity contribution in [3.8, 4) is 0 Å². The number of aromatic amines is 1. The van der Waals surface area contributed by atoms with Gasteiger partial charge in [0.2, 0.25) is 0 Å². The van der Waals surface area contributed by atoms with Crippen LogP contribution in [-0.2, 0) is 0 Å². The van der Waals surface area contributed by atoms with Gasteiger partial charge in [-0.1, -0.05) is 6.92 Å². The van der Waals surface area contributed by atoms with Crippen molar-refractivity contribution in [2.24, 2.45) is 0 Å². The highest BCUT2D eigenvalue weighted by Gasteiger charge is 2.20. The molecule has 0 amide bonds. The number of rotatable bonds is 2. The number of piperazine rings is 1. The molecule has 3 N–H and O–H groups in total. The zero-order valence-corrected chi connectivity index (χ0v) is 10.4. The molecule has 1 fully saturated rings. The molecule has 0 spiro atoms. The van der Waals surface area contributed by atoms with Crippen LogP contribution in [0, 0.1) is 0 Å². The fourth-order valence-corrected chi connectivity index (χ4v) is 2.38. The normalized spacial score (nSPS) is 17.5. The van der Waals surface area contributed by atoms with Gasteiger partial charge in [-0.2, -0.15) is 5.10 Å². The first-order valence-corrected chi connectivity index (χ1v) is 6.21. The number of likely N-dealkylation sites (N-methyl/N-ethyl adjacent to an activating group) is 1. The minimum Gasteiger partial charge on any atom is -0.383 e. The van der Waals surface area contributed by atoms with Crippen LogP contribution in [0.15, 0.2) is 6.33 Å². The first kappa shape index (κ1) is 11.2. The number of anilines is 2. The van der Waals surface area contributed by atoms with E-state index in [4.69, 9.17) is 5.73 Å². The van der Waals surface area contributed by atoms with E-state index in [1.54, 1.807) is 6.33 Å². The lowest BCUT2D eigenvalue weighted by Crippen LogP contribution is -2.46. The van der Waals surface area contributed by atoms with Crippen molar-refractivity contribution < 1.29 is 0 Å². The number of hydrogen-bond acceptors (Lipinski definition) is 6. The third-order valence-corrected chi connectivity index (χ3v) is 3.48. The molecule has 0 radical (unpaired) electrons. The molecule has 0 atom stereocenters. The Morgan fingerprint density at radius 1 is 1.28 bits per heavy atom. The van der Waals surface area contributed by atoms with Crippen LogP contribution in [0.5, 0.6) is 0 Å². The smallest absolute Gasteiger partial charge is 0.188 e. The van der Waals surface area contributed by atoms with Crippen LogP contribution in [0.1, 0.15) is 6.92 Å². The molecule has 7 nitrogen and oxygen atoms in total. The van der Waals surface area contributed by atoms with Gasteiger partial charge in [0, 0.05) is 26.2 Å². The third-order valence-electron chi connectivity index (χ3n) is 3.48. The highest BCUT2D eigenvalue weighted by atomic mass is 15.3. The Labute approximate surface area is 105 Å². The van der Waals surface area contributed by atoms with Crippen LogP contribution < -0.4 is 10.6 Å². The first-order chi connectivity index (χ1) is 8.79. The number of fused-ring (bicyclic) bond motifs is 1. The lowest BCUT2D eigenvalue weighted by Gasteiger charge is -2.34. The maximum absolute atomic E-state index is 5.90. The van der Waals surface area contributed by atoms with Crippen molar-refractivity contribution in [1.82, 2.24) is 25.1 Å². The van der Waals surface area contributed by atoms with E-state index in [-0.39, 0.29) is 0 Å². The van der Waals surface area contributed by atoms with Gasteiger partial charge in [0.1, 0.15) is 23.3 Å². The van der Waals surface area contributed by atoms with Crippen molar-refractivity contribution >= 4 is 22.7 Å². The van der Waals surface area contributed by atoms with E-state index in [9.17, 15) is 0 Å². The molecule has 1 aliphatic rings. The fourth-order valence-electron chi connectivity index (χ4n) is 2.38. The predicted octanol–water partition coefficient (Wildman–Crippen LogP) is 0.0770. The highest BCUT2D eigenvalue weighted by Crippen LogP contribution is 2.26. The van der Waals surface area contributed by atoms with Gasteiger partial charge in [0.15, 0.2) is 5.65 Å². The molecule has 0 aromatic carbocycles. The van der Waals surface area contributed by atoms with Crippen LogP contribution in [0.25, 0.3) is 11.0 Å². The second-order valence-electron chi connectivity index (χ2n) is 4.45. The van der Waals surface area contributed by atoms with Crippen molar-refractivity contribution in [2.75, 3.05) is 43.4 Å². The summed E-state index contributed by atoms with van der Waals surface area (Å²) in [6, 6.07) is 0. The highest BCUT2D eigenvalue weighted by molar-refractivity contribution is 5.95. The van der Waals surface area contributed by atoms with E-state index in [1.807, 2.05) is 0 Å². The van der Waals surface area contributed by atoms with E-state index in [0.29, 0.717) is 11.5 Å². The Bertz CT molecular complexity index is 541. The van der Waals surface area contributed by atoms with Gasteiger partial charge >= 0.3 is 0 Å². The maximum Gasteiger partial charge on any atom is 0.188 e. The van der Waals surface area contributed by atoms with E-state index in [1.165, 1.54) is 0 Å². The molecular weight excluding hydrogens is 230 g/mol. The van der Waals surface area contributed by atoms with E-state index < -0.39 is 0 Å². The number of aromatic nitrogens is 4. The van der Waals surface area contributed by atoms with Gasteiger partial charge in [0.05, 0.1) is 0 Å². The Hall–Kier alpha value is -1.89. The van der Waals surface area contributed by atoms with E-state index in [2.05, 4.69) is 36.9 Å². The minimum atomic E-state index is 0.540. The first-order valence-electron chi connectivity index (χ1n) is 6.21. The summed E-state index contributed by atoms with van der Waals surface area (Å²) in [4.78, 5) is 13.2. The van der Waals surface area contributed by atoms with Crippen molar-refractivity contribution in [3.63, 3.8) is 0 Å². The Morgan fingerprint density at radius 2 is 2.06 bits per heavy atom. The lowest BCUT2D eigenvalue weighted by molar-refractivity contribution is 0.271. The minimum absolute atomic E-state index is 0.540. The maximum atomic E-state index is 5.90. The number of nitrogens with two attached hydrogens (primary N) is 1. The molecule has 3 rings (SSSR count). The molecule has 1 saturated heterocycles. The van der Waals surface area contributed by atoms with Gasteiger partial charge in [-0.3, -0.25) is 5.10 Å². The van der Waals surface area contributed by atoms with Crippen LogP contribution >= 0.6 is 0 Å². The Balaban J connectivity index is 1.93. The third kappa shape index (κ3) is 1.76. The summed E-state index contributed by atoms with van der Waals surface area (Å²) in [5.41, 5.74) is 6.54. The second-order valence-corrected chi connectivity index (χ2v) is 4.45. The second kappa shape index (κ2) is 4.41. The predicted molar refractivity (Wildman–Crippen MR) is 70.4 cm³/mol. The van der Waals surface area contributed by atoms with Crippen molar-refractivity contribution in [1.29, 1.82) is 0 Å². The lowest BCUT2D eigenvalue weighted by atomic mass is 10.2. The molecular formula is C11H17N7. The molecule has 7 heteroatoms. The zero-order chi connectivity index (χ0) is 12.5. The molecule has 0 saturated carbocycles. The molecule has 18 heavy (non-hydrogen) atoms. The van der Waals surface area contributed by atoms with Gasteiger partial charge in [-0.05, 0) is 6.54 Å². The summed E-state index contributed by atoms with van der Waals surface area (Å²) < 4.78 is 0.